The van der Waals surface area contributed by atoms with Gasteiger partial charge in [-0.1, -0.05) is 23.7 Å². The minimum Gasteiger partial charge on any atom is -0.351 e. The topological polar surface area (TPSA) is 121 Å². The number of carbonyl (C=O) groups is 3. The molecule has 1 aromatic carbocycles. The maximum absolute atomic E-state index is 11.9. The van der Waals surface area contributed by atoms with E-state index in [1.165, 1.54) is 0 Å². The smallest absolute Gasteiger partial charge is 0.252 e. The van der Waals surface area contributed by atoms with Crippen LogP contribution in [0.3, 0.4) is 0 Å². The van der Waals surface area contributed by atoms with Crippen molar-refractivity contribution in [2.75, 3.05) is 18.1 Å². The summed E-state index contributed by atoms with van der Waals surface area (Å²) < 4.78 is 22.6. The van der Waals surface area contributed by atoms with Gasteiger partial charge < -0.3 is 5.32 Å². The number of rotatable bonds is 5. The van der Waals surface area contributed by atoms with Crippen molar-refractivity contribution in [3.8, 4) is 0 Å². The van der Waals surface area contributed by atoms with Gasteiger partial charge in [0.1, 0.15) is 0 Å². The molecule has 0 unspecified atom stereocenters. The first-order valence-corrected chi connectivity index (χ1v) is 9.80. The Labute approximate surface area is 150 Å². The van der Waals surface area contributed by atoms with Gasteiger partial charge in [-0.15, -0.1) is 0 Å². The molecule has 1 atom stereocenters. The van der Waals surface area contributed by atoms with E-state index in [1.54, 1.807) is 24.3 Å². The van der Waals surface area contributed by atoms with E-state index in [-0.39, 0.29) is 30.9 Å². The Kier molecular flexibility index (Phi) is 6.38. The maximum Gasteiger partial charge on any atom is 0.252 e. The van der Waals surface area contributed by atoms with Crippen molar-refractivity contribution in [3.63, 3.8) is 0 Å². The van der Waals surface area contributed by atoms with E-state index in [0.717, 1.165) is 0 Å². The number of sulfone groups is 1. The van der Waals surface area contributed by atoms with Crippen LogP contribution in [0.15, 0.2) is 24.3 Å². The second-order valence-corrected chi connectivity index (χ2v) is 8.26. The molecule has 1 saturated heterocycles. The zero-order valence-electron chi connectivity index (χ0n) is 13.2. The van der Waals surface area contributed by atoms with E-state index >= 15 is 0 Å². The third-order valence-corrected chi connectivity index (χ3v) is 5.78. The van der Waals surface area contributed by atoms with Crippen molar-refractivity contribution in [3.05, 3.63) is 34.9 Å². The molecule has 1 fully saturated rings. The lowest BCUT2D eigenvalue weighted by Gasteiger charge is -2.11. The first kappa shape index (κ1) is 19.2. The maximum atomic E-state index is 11.9. The van der Waals surface area contributed by atoms with Gasteiger partial charge in [0.15, 0.2) is 9.84 Å². The fourth-order valence-corrected chi connectivity index (χ4v) is 4.29. The van der Waals surface area contributed by atoms with Crippen molar-refractivity contribution in [2.24, 2.45) is 5.92 Å². The van der Waals surface area contributed by atoms with Gasteiger partial charge in [-0.3, -0.25) is 25.2 Å². The molecule has 0 spiro atoms. The molecule has 0 aromatic heterocycles. The largest absolute Gasteiger partial charge is 0.351 e. The molecule has 0 saturated carbocycles. The highest BCUT2D eigenvalue weighted by molar-refractivity contribution is 7.91. The number of hydrogen-bond acceptors (Lipinski definition) is 5. The summed E-state index contributed by atoms with van der Waals surface area (Å²) >= 11 is 5.90. The van der Waals surface area contributed by atoms with E-state index in [2.05, 4.69) is 16.2 Å². The number of hydrogen-bond donors (Lipinski definition) is 3. The van der Waals surface area contributed by atoms with Crippen LogP contribution in [-0.2, 0) is 19.4 Å². The van der Waals surface area contributed by atoms with Crippen molar-refractivity contribution in [2.45, 2.75) is 12.8 Å². The predicted octanol–water partition coefficient (Wildman–Crippen LogP) is 0.0420. The van der Waals surface area contributed by atoms with Gasteiger partial charge >= 0.3 is 0 Å². The average Bonchev–Trinajstić information content (AvgIpc) is 2.93. The molecule has 1 aliphatic rings. The second kappa shape index (κ2) is 8.30. The standard InChI is InChI=1S/C15H18ClN3O5S/c16-12-4-2-1-3-11(12)15(22)17-7-5-13(20)18-19-14(21)10-6-8-25(23,24)9-10/h1-4,10H,5-9H2,(H,17,22)(H,18,20)(H,19,21)/t10-/m0/s1. The lowest BCUT2D eigenvalue weighted by Crippen LogP contribution is -2.45. The summed E-state index contributed by atoms with van der Waals surface area (Å²) in [5.74, 6) is -2.32. The van der Waals surface area contributed by atoms with Crippen LogP contribution < -0.4 is 16.2 Å². The van der Waals surface area contributed by atoms with Crippen LogP contribution >= 0.6 is 11.6 Å². The van der Waals surface area contributed by atoms with Crippen LogP contribution in [0.4, 0.5) is 0 Å². The van der Waals surface area contributed by atoms with Crippen molar-refractivity contribution in [1.82, 2.24) is 16.2 Å². The fraction of sp³-hybridized carbons (Fsp3) is 0.400. The Balaban J connectivity index is 1.68. The van der Waals surface area contributed by atoms with Gasteiger partial charge in [0.05, 0.1) is 28.0 Å². The van der Waals surface area contributed by atoms with Gasteiger partial charge in [0.2, 0.25) is 11.8 Å². The number of hydrazine groups is 1. The summed E-state index contributed by atoms with van der Waals surface area (Å²) in [5.41, 5.74) is 4.71. The summed E-state index contributed by atoms with van der Waals surface area (Å²) in [7, 11) is -3.16. The summed E-state index contributed by atoms with van der Waals surface area (Å²) in [6.07, 6.45) is 0.192. The highest BCUT2D eigenvalue weighted by Crippen LogP contribution is 2.18. The first-order chi connectivity index (χ1) is 11.8. The van der Waals surface area contributed by atoms with Gasteiger partial charge in [-0.2, -0.15) is 0 Å². The molecule has 2 rings (SSSR count). The summed E-state index contributed by atoms with van der Waals surface area (Å²) in [6, 6.07) is 6.52. The first-order valence-electron chi connectivity index (χ1n) is 7.60. The highest BCUT2D eigenvalue weighted by atomic mass is 35.5. The molecule has 0 aliphatic carbocycles. The highest BCUT2D eigenvalue weighted by Gasteiger charge is 2.33. The van der Waals surface area contributed by atoms with E-state index in [4.69, 9.17) is 11.6 Å². The molecule has 3 amide bonds. The number of carbonyl (C=O) groups excluding carboxylic acids is 3. The summed E-state index contributed by atoms with van der Waals surface area (Å²) in [5, 5.41) is 2.86. The summed E-state index contributed by atoms with van der Waals surface area (Å²) in [4.78, 5) is 35.3. The number of nitrogens with one attached hydrogen (secondary N) is 3. The van der Waals surface area contributed by atoms with Crippen molar-refractivity contribution < 1.29 is 22.8 Å². The van der Waals surface area contributed by atoms with Crippen molar-refractivity contribution in [1.29, 1.82) is 0 Å². The van der Waals surface area contributed by atoms with E-state index in [1.807, 2.05) is 0 Å². The number of amides is 3. The lowest BCUT2D eigenvalue weighted by molar-refractivity contribution is -0.130. The van der Waals surface area contributed by atoms with Gasteiger partial charge in [0.25, 0.3) is 5.91 Å². The molecule has 0 bridgehead atoms. The minimum absolute atomic E-state index is 0.0207. The Morgan fingerprint density at radius 3 is 2.52 bits per heavy atom. The summed E-state index contributed by atoms with van der Waals surface area (Å²) in [6.45, 7) is 0.0591. The zero-order chi connectivity index (χ0) is 18.4. The Morgan fingerprint density at radius 1 is 1.16 bits per heavy atom. The van der Waals surface area contributed by atoms with Gasteiger partial charge in [-0.25, -0.2) is 8.42 Å². The van der Waals surface area contributed by atoms with Gasteiger partial charge in [0, 0.05) is 13.0 Å². The zero-order valence-corrected chi connectivity index (χ0v) is 14.8. The van der Waals surface area contributed by atoms with Crippen molar-refractivity contribution >= 4 is 39.2 Å². The third kappa shape index (κ3) is 5.71. The van der Waals surface area contributed by atoms with Crippen LogP contribution in [0, 0.1) is 5.92 Å². The van der Waals surface area contributed by atoms with Crippen LogP contribution in [-0.4, -0.2) is 44.2 Å². The molecule has 1 aromatic rings. The molecule has 1 heterocycles. The van der Waals surface area contributed by atoms with Crippen LogP contribution in [0.2, 0.25) is 5.02 Å². The molecular formula is C15H18ClN3O5S. The van der Waals surface area contributed by atoms with E-state index < -0.39 is 33.5 Å². The molecule has 3 N–H and O–H groups in total. The van der Waals surface area contributed by atoms with Gasteiger partial charge in [-0.05, 0) is 18.6 Å². The minimum atomic E-state index is -3.16. The quantitative estimate of drug-likeness (QED) is 0.616. The van der Waals surface area contributed by atoms with Crippen LogP contribution in [0.1, 0.15) is 23.2 Å². The van der Waals surface area contributed by atoms with E-state index in [9.17, 15) is 22.8 Å². The fourth-order valence-electron chi connectivity index (χ4n) is 2.33. The molecule has 8 nitrogen and oxygen atoms in total. The average molecular weight is 388 g/mol. The predicted molar refractivity (Wildman–Crippen MR) is 91.4 cm³/mol. The molecular weight excluding hydrogens is 370 g/mol. The Morgan fingerprint density at radius 2 is 1.88 bits per heavy atom. The lowest BCUT2D eigenvalue weighted by atomic mass is 10.1. The SMILES string of the molecule is O=C(CCNC(=O)c1ccccc1Cl)NNC(=O)[C@H]1CCS(=O)(=O)C1. The molecule has 1 aliphatic heterocycles. The number of benzene rings is 1. The van der Waals surface area contributed by atoms with Crippen LogP contribution in [0.5, 0.6) is 0 Å². The normalized spacial score (nSPS) is 18.4. The Bertz CT molecular complexity index is 781. The monoisotopic (exact) mass is 387 g/mol. The second-order valence-electron chi connectivity index (χ2n) is 5.62. The molecule has 136 valence electrons. The Hall–Kier alpha value is -2.13. The molecule has 0 radical (unpaired) electrons. The van der Waals surface area contributed by atoms with Crippen LogP contribution in [0.25, 0.3) is 0 Å². The third-order valence-electron chi connectivity index (χ3n) is 3.68. The number of halogens is 1. The molecule has 10 heteroatoms. The molecule has 25 heavy (non-hydrogen) atoms. The van der Waals surface area contributed by atoms with E-state index in [0.29, 0.717) is 10.6 Å².